The van der Waals surface area contributed by atoms with E-state index in [1.54, 1.807) is 31.8 Å². The van der Waals surface area contributed by atoms with Gasteiger partial charge in [-0.15, -0.1) is 11.8 Å². The number of nitrogens with one attached hydrogen (secondary N) is 1. The van der Waals surface area contributed by atoms with E-state index in [0.717, 1.165) is 21.7 Å². The second kappa shape index (κ2) is 9.46. The third-order valence-electron chi connectivity index (χ3n) is 5.30. The van der Waals surface area contributed by atoms with Crippen LogP contribution < -0.4 is 5.32 Å². The van der Waals surface area contributed by atoms with E-state index in [-0.39, 0.29) is 18.4 Å². The summed E-state index contributed by atoms with van der Waals surface area (Å²) in [7, 11) is 1.60. The molecule has 7 nitrogen and oxygen atoms in total. The Bertz CT molecular complexity index is 1330. The molecule has 4 rings (SSSR count). The third-order valence-corrected chi connectivity index (χ3v) is 6.10. The molecule has 0 bridgehead atoms. The number of hydrogen-bond acceptors (Lipinski definition) is 6. The molecule has 0 fully saturated rings. The Morgan fingerprint density at radius 1 is 1.09 bits per heavy atom. The zero-order chi connectivity index (χ0) is 23.5. The van der Waals surface area contributed by atoms with Crippen molar-refractivity contribution in [1.29, 1.82) is 0 Å². The van der Waals surface area contributed by atoms with Crippen LogP contribution in [0.4, 0.5) is 5.69 Å². The first-order chi connectivity index (χ1) is 15.9. The van der Waals surface area contributed by atoms with Gasteiger partial charge in [-0.05, 0) is 38.3 Å². The Morgan fingerprint density at radius 3 is 2.55 bits per heavy atom. The molecule has 0 atom stereocenters. The fourth-order valence-corrected chi connectivity index (χ4v) is 4.12. The summed E-state index contributed by atoms with van der Waals surface area (Å²) >= 11 is 1.54. The lowest BCUT2D eigenvalue weighted by Crippen LogP contribution is -2.35. The van der Waals surface area contributed by atoms with E-state index < -0.39 is 0 Å². The molecule has 0 saturated heterocycles. The van der Waals surface area contributed by atoms with Gasteiger partial charge in [0.15, 0.2) is 0 Å². The van der Waals surface area contributed by atoms with Gasteiger partial charge < -0.3 is 14.7 Å². The summed E-state index contributed by atoms with van der Waals surface area (Å²) in [6.45, 7) is 3.67. The fraction of sp³-hybridized carbons (Fsp3) is 0.200. The number of carbonyl (C=O) groups is 2. The Hall–Kier alpha value is -3.65. The van der Waals surface area contributed by atoms with Crippen LogP contribution in [-0.2, 0) is 4.79 Å². The number of likely N-dealkylation sites (N-methyl/N-ethyl adjacent to an activating group) is 1. The molecule has 0 saturated carbocycles. The number of carbonyl (C=O) groups excluding carboxylic acids is 2. The zero-order valence-corrected chi connectivity index (χ0v) is 19.7. The molecule has 0 aliphatic carbocycles. The maximum absolute atomic E-state index is 13.4. The quantitative estimate of drug-likeness (QED) is 0.410. The van der Waals surface area contributed by atoms with Crippen LogP contribution in [0.15, 0.2) is 64.0 Å². The first kappa shape index (κ1) is 22.5. The van der Waals surface area contributed by atoms with Crippen LogP contribution in [0.5, 0.6) is 0 Å². The molecule has 4 aromatic rings. The number of rotatable bonds is 6. The summed E-state index contributed by atoms with van der Waals surface area (Å²) in [6.07, 6.45) is 1.95. The van der Waals surface area contributed by atoms with Gasteiger partial charge in [0.25, 0.3) is 11.6 Å². The lowest BCUT2D eigenvalue weighted by molar-refractivity contribution is -0.116. The number of benzene rings is 2. The number of pyridine rings is 1. The average molecular weight is 461 g/mol. The summed E-state index contributed by atoms with van der Waals surface area (Å²) in [5, 5.41) is 7.43. The van der Waals surface area contributed by atoms with Crippen molar-refractivity contribution < 1.29 is 14.1 Å². The van der Waals surface area contributed by atoms with Gasteiger partial charge in [0.2, 0.25) is 5.91 Å². The standard InChI is InChI=1S/C25H24N4O3S/c1-15-9-11-17(12-10-15)20-13-18(23-16(2)28-32-24(23)27-20)25(31)29(3)14-22(30)26-19-7-5-6-8-21(19)33-4/h5-13H,14H2,1-4H3,(H,26,30). The number of aryl methyl sites for hydroxylation is 2. The highest BCUT2D eigenvalue weighted by atomic mass is 32.2. The molecule has 1 N–H and O–H groups in total. The number of aromatic nitrogens is 2. The van der Waals surface area contributed by atoms with Crippen molar-refractivity contribution in [3.05, 3.63) is 71.4 Å². The molecule has 2 amide bonds. The number of amides is 2. The van der Waals surface area contributed by atoms with E-state index in [4.69, 9.17) is 4.52 Å². The van der Waals surface area contributed by atoms with Crippen LogP contribution in [0.3, 0.4) is 0 Å². The molecule has 0 radical (unpaired) electrons. The highest BCUT2D eigenvalue weighted by molar-refractivity contribution is 7.98. The fourth-order valence-electron chi connectivity index (χ4n) is 3.57. The SMILES string of the molecule is CSc1ccccc1NC(=O)CN(C)C(=O)c1cc(-c2ccc(C)cc2)nc2onc(C)c12. The average Bonchev–Trinajstić information content (AvgIpc) is 3.19. The maximum atomic E-state index is 13.4. The molecule has 2 aromatic heterocycles. The predicted molar refractivity (Wildman–Crippen MR) is 131 cm³/mol. The van der Waals surface area contributed by atoms with Gasteiger partial charge >= 0.3 is 0 Å². The highest BCUT2D eigenvalue weighted by Crippen LogP contribution is 2.28. The smallest absolute Gasteiger partial charge is 0.259 e. The van der Waals surface area contributed by atoms with Gasteiger partial charge in [0.05, 0.1) is 34.6 Å². The number of nitrogens with zero attached hydrogens (tertiary/aromatic N) is 3. The number of anilines is 1. The maximum Gasteiger partial charge on any atom is 0.259 e. The summed E-state index contributed by atoms with van der Waals surface area (Å²) in [6, 6.07) is 17.1. The van der Waals surface area contributed by atoms with E-state index >= 15 is 0 Å². The van der Waals surface area contributed by atoms with Gasteiger partial charge in [-0.1, -0.05) is 47.1 Å². The Kier molecular flexibility index (Phi) is 6.46. The molecule has 8 heteroatoms. The highest BCUT2D eigenvalue weighted by Gasteiger charge is 2.23. The number of hydrogen-bond donors (Lipinski definition) is 1. The summed E-state index contributed by atoms with van der Waals surface area (Å²) in [5.74, 6) is -0.589. The van der Waals surface area contributed by atoms with Crippen molar-refractivity contribution in [3.8, 4) is 11.3 Å². The molecular formula is C25H24N4O3S. The topological polar surface area (TPSA) is 88.3 Å². The van der Waals surface area contributed by atoms with Crippen LogP contribution in [0.1, 0.15) is 21.6 Å². The first-order valence-electron chi connectivity index (χ1n) is 10.4. The molecule has 0 spiro atoms. The molecule has 2 heterocycles. The van der Waals surface area contributed by atoms with Crippen LogP contribution in [0.2, 0.25) is 0 Å². The van der Waals surface area contributed by atoms with Gasteiger partial charge in [0, 0.05) is 17.5 Å². The van der Waals surface area contributed by atoms with Crippen LogP contribution in [0, 0.1) is 13.8 Å². The monoisotopic (exact) mass is 460 g/mol. The number of fused-ring (bicyclic) bond motifs is 1. The van der Waals surface area contributed by atoms with Gasteiger partial charge in [-0.3, -0.25) is 9.59 Å². The largest absolute Gasteiger partial charge is 0.335 e. The van der Waals surface area contributed by atoms with Crippen LogP contribution >= 0.6 is 11.8 Å². The second-order valence-corrected chi connectivity index (χ2v) is 8.63. The van der Waals surface area contributed by atoms with Gasteiger partial charge in [0.1, 0.15) is 0 Å². The van der Waals surface area contributed by atoms with E-state index in [1.807, 2.05) is 61.7 Å². The van der Waals surface area contributed by atoms with Gasteiger partial charge in [-0.25, -0.2) is 4.98 Å². The van der Waals surface area contributed by atoms with Gasteiger partial charge in [-0.2, -0.15) is 0 Å². The normalized spacial score (nSPS) is 10.9. The minimum absolute atomic E-state index is 0.102. The molecular weight excluding hydrogens is 436 g/mol. The predicted octanol–water partition coefficient (Wildman–Crippen LogP) is 4.94. The van der Waals surface area contributed by atoms with E-state index in [2.05, 4.69) is 15.5 Å². The Labute approximate surface area is 196 Å². The van der Waals surface area contributed by atoms with Crippen LogP contribution in [0.25, 0.3) is 22.4 Å². The third kappa shape index (κ3) is 4.75. The van der Waals surface area contributed by atoms with Crippen molar-refractivity contribution in [1.82, 2.24) is 15.0 Å². The van der Waals surface area contributed by atoms with Crippen molar-refractivity contribution in [2.24, 2.45) is 0 Å². The molecule has 0 aliphatic rings. The van der Waals surface area contributed by atoms with E-state index in [0.29, 0.717) is 28.1 Å². The molecule has 0 unspecified atom stereocenters. The van der Waals surface area contributed by atoms with Crippen molar-refractivity contribution in [2.75, 3.05) is 25.2 Å². The van der Waals surface area contributed by atoms with Crippen molar-refractivity contribution in [3.63, 3.8) is 0 Å². The first-order valence-corrected chi connectivity index (χ1v) is 11.6. The summed E-state index contributed by atoms with van der Waals surface area (Å²) in [5.41, 5.74) is 4.57. The second-order valence-electron chi connectivity index (χ2n) is 7.78. The number of thioether (sulfide) groups is 1. The molecule has 0 aliphatic heterocycles. The summed E-state index contributed by atoms with van der Waals surface area (Å²) in [4.78, 5) is 33.0. The van der Waals surface area contributed by atoms with E-state index in [1.165, 1.54) is 4.90 Å². The minimum atomic E-state index is -0.310. The van der Waals surface area contributed by atoms with Crippen molar-refractivity contribution >= 4 is 40.4 Å². The number of para-hydroxylation sites is 1. The Balaban J connectivity index is 1.62. The molecule has 2 aromatic carbocycles. The van der Waals surface area contributed by atoms with Crippen molar-refractivity contribution in [2.45, 2.75) is 18.7 Å². The molecule has 33 heavy (non-hydrogen) atoms. The Morgan fingerprint density at radius 2 is 1.82 bits per heavy atom. The summed E-state index contributed by atoms with van der Waals surface area (Å²) < 4.78 is 5.38. The lowest BCUT2D eigenvalue weighted by Gasteiger charge is -2.18. The van der Waals surface area contributed by atoms with E-state index in [9.17, 15) is 9.59 Å². The minimum Gasteiger partial charge on any atom is -0.335 e. The lowest BCUT2D eigenvalue weighted by atomic mass is 10.0. The van der Waals surface area contributed by atoms with Crippen LogP contribution in [-0.4, -0.2) is 46.7 Å². The molecule has 168 valence electrons. The zero-order valence-electron chi connectivity index (χ0n) is 18.9.